The summed E-state index contributed by atoms with van der Waals surface area (Å²) in [6, 6.07) is 6.35. The summed E-state index contributed by atoms with van der Waals surface area (Å²) >= 11 is 6.09. The molecule has 2 aromatic rings. The van der Waals surface area contributed by atoms with Crippen molar-refractivity contribution in [2.45, 2.75) is 58.7 Å². The van der Waals surface area contributed by atoms with Crippen LogP contribution in [0.3, 0.4) is 0 Å². The number of aromatic nitrogens is 2. The van der Waals surface area contributed by atoms with Gasteiger partial charge >= 0.3 is 6.09 Å². The molecule has 1 saturated heterocycles. The van der Waals surface area contributed by atoms with Gasteiger partial charge < -0.3 is 10.0 Å². The van der Waals surface area contributed by atoms with Gasteiger partial charge in [0, 0.05) is 44.6 Å². The van der Waals surface area contributed by atoms with E-state index in [1.165, 1.54) is 10.5 Å². The standard InChI is InChI=1S/C22H29ClN4O2/c1-15(2)19-5-4-8-24-21(19)14-27(13-20-16(3)11-17(23)12-25-20)18-6-9-26(10-7-18)22(28)29/h4-5,8,11-12,15,18H,6-7,9-10,13-14H2,1-3H3,(H,28,29). The Morgan fingerprint density at radius 1 is 1.28 bits per heavy atom. The largest absolute Gasteiger partial charge is 0.465 e. The molecule has 3 heterocycles. The molecule has 1 amide bonds. The van der Waals surface area contributed by atoms with Crippen LogP contribution in [0.25, 0.3) is 0 Å². The molecule has 0 aliphatic carbocycles. The van der Waals surface area contributed by atoms with Crippen LogP contribution >= 0.6 is 11.6 Å². The number of carbonyl (C=O) groups is 1. The lowest BCUT2D eigenvalue weighted by molar-refractivity contribution is 0.0856. The average Bonchev–Trinajstić information content (AvgIpc) is 2.69. The first kappa shape index (κ1) is 21.5. The Labute approximate surface area is 177 Å². The molecule has 1 aliphatic heterocycles. The van der Waals surface area contributed by atoms with Crippen LogP contribution in [0, 0.1) is 6.92 Å². The predicted molar refractivity (Wildman–Crippen MR) is 114 cm³/mol. The Morgan fingerprint density at radius 3 is 2.59 bits per heavy atom. The van der Waals surface area contributed by atoms with Gasteiger partial charge in [-0.05, 0) is 48.9 Å². The van der Waals surface area contributed by atoms with Gasteiger partial charge in [0.05, 0.1) is 16.4 Å². The number of pyridine rings is 2. The van der Waals surface area contributed by atoms with Crippen molar-refractivity contribution in [3.8, 4) is 0 Å². The first-order valence-corrected chi connectivity index (χ1v) is 10.5. The van der Waals surface area contributed by atoms with E-state index in [1.807, 2.05) is 25.3 Å². The van der Waals surface area contributed by atoms with E-state index in [0.29, 0.717) is 30.6 Å². The molecule has 0 bridgehead atoms. The number of hydrogen-bond donors (Lipinski definition) is 1. The minimum atomic E-state index is -0.836. The van der Waals surface area contributed by atoms with Crippen molar-refractivity contribution in [1.82, 2.24) is 19.8 Å². The summed E-state index contributed by atoms with van der Waals surface area (Å²) in [4.78, 5) is 24.4. The minimum absolute atomic E-state index is 0.282. The number of amides is 1. The van der Waals surface area contributed by atoms with Crippen molar-refractivity contribution in [3.05, 3.63) is 58.1 Å². The Balaban J connectivity index is 1.84. The van der Waals surface area contributed by atoms with Gasteiger partial charge in [0.15, 0.2) is 0 Å². The van der Waals surface area contributed by atoms with Crippen LogP contribution in [0.1, 0.15) is 55.1 Å². The zero-order chi connectivity index (χ0) is 21.0. The van der Waals surface area contributed by atoms with E-state index in [4.69, 9.17) is 11.6 Å². The van der Waals surface area contributed by atoms with Crippen LogP contribution in [0.5, 0.6) is 0 Å². The number of rotatable bonds is 6. The SMILES string of the molecule is Cc1cc(Cl)cnc1CN(Cc1ncccc1C(C)C)C1CCN(C(=O)O)CC1. The summed E-state index contributed by atoms with van der Waals surface area (Å²) in [5.41, 5.74) is 4.39. The van der Waals surface area contributed by atoms with Crippen molar-refractivity contribution in [2.75, 3.05) is 13.1 Å². The Morgan fingerprint density at radius 2 is 1.97 bits per heavy atom. The summed E-state index contributed by atoms with van der Waals surface area (Å²) in [5.74, 6) is 0.393. The highest BCUT2D eigenvalue weighted by Gasteiger charge is 2.28. The Hall–Kier alpha value is -2.18. The van der Waals surface area contributed by atoms with E-state index in [0.717, 1.165) is 36.3 Å². The maximum atomic E-state index is 11.3. The lowest BCUT2D eigenvalue weighted by Crippen LogP contribution is -2.46. The second-order valence-electron chi connectivity index (χ2n) is 8.02. The van der Waals surface area contributed by atoms with Gasteiger partial charge in [-0.1, -0.05) is 31.5 Å². The third-order valence-corrected chi connectivity index (χ3v) is 5.86. The number of hydrogen-bond acceptors (Lipinski definition) is 4. The van der Waals surface area contributed by atoms with E-state index in [1.54, 1.807) is 6.20 Å². The smallest absolute Gasteiger partial charge is 0.407 e. The second-order valence-corrected chi connectivity index (χ2v) is 8.45. The van der Waals surface area contributed by atoms with E-state index in [9.17, 15) is 9.90 Å². The topological polar surface area (TPSA) is 69.6 Å². The normalized spacial score (nSPS) is 15.3. The second kappa shape index (κ2) is 9.55. The van der Waals surface area contributed by atoms with Crippen LogP contribution < -0.4 is 0 Å². The Bertz CT molecular complexity index is 850. The fraction of sp³-hybridized carbons (Fsp3) is 0.500. The average molecular weight is 417 g/mol. The third kappa shape index (κ3) is 5.46. The van der Waals surface area contributed by atoms with Gasteiger partial charge in [0.1, 0.15) is 0 Å². The van der Waals surface area contributed by atoms with E-state index in [2.05, 4.69) is 34.8 Å². The zero-order valence-corrected chi connectivity index (χ0v) is 18.1. The molecular weight excluding hydrogens is 388 g/mol. The highest BCUT2D eigenvalue weighted by molar-refractivity contribution is 6.30. The van der Waals surface area contributed by atoms with Crippen LogP contribution in [-0.2, 0) is 13.1 Å². The first-order chi connectivity index (χ1) is 13.8. The lowest BCUT2D eigenvalue weighted by Gasteiger charge is -2.38. The van der Waals surface area contributed by atoms with Crippen molar-refractivity contribution in [2.24, 2.45) is 0 Å². The summed E-state index contributed by atoms with van der Waals surface area (Å²) < 4.78 is 0. The van der Waals surface area contributed by atoms with Crippen molar-refractivity contribution < 1.29 is 9.90 Å². The monoisotopic (exact) mass is 416 g/mol. The van der Waals surface area contributed by atoms with E-state index in [-0.39, 0.29) is 6.04 Å². The number of aryl methyl sites for hydroxylation is 1. The molecule has 3 rings (SSSR count). The lowest BCUT2D eigenvalue weighted by atomic mass is 9.98. The van der Waals surface area contributed by atoms with Gasteiger partial charge in [0.25, 0.3) is 0 Å². The van der Waals surface area contributed by atoms with Crippen molar-refractivity contribution in [3.63, 3.8) is 0 Å². The first-order valence-electron chi connectivity index (χ1n) is 10.1. The number of likely N-dealkylation sites (tertiary alicyclic amines) is 1. The fourth-order valence-corrected chi connectivity index (χ4v) is 4.18. The number of halogens is 1. The fourth-order valence-electron chi connectivity index (χ4n) is 3.96. The third-order valence-electron chi connectivity index (χ3n) is 5.66. The zero-order valence-electron chi connectivity index (χ0n) is 17.3. The summed E-state index contributed by atoms with van der Waals surface area (Å²) in [6.45, 7) is 8.91. The van der Waals surface area contributed by atoms with E-state index >= 15 is 0 Å². The molecule has 0 atom stereocenters. The maximum Gasteiger partial charge on any atom is 0.407 e. The Kier molecular flexibility index (Phi) is 7.09. The van der Waals surface area contributed by atoms with Crippen molar-refractivity contribution >= 4 is 17.7 Å². The van der Waals surface area contributed by atoms with Crippen LogP contribution in [0.4, 0.5) is 4.79 Å². The molecule has 0 spiro atoms. The van der Waals surface area contributed by atoms with E-state index < -0.39 is 6.09 Å². The highest BCUT2D eigenvalue weighted by atomic mass is 35.5. The molecule has 0 saturated carbocycles. The molecule has 6 nitrogen and oxygen atoms in total. The molecule has 156 valence electrons. The van der Waals surface area contributed by atoms with Crippen molar-refractivity contribution in [1.29, 1.82) is 0 Å². The van der Waals surface area contributed by atoms with Gasteiger partial charge in [-0.25, -0.2) is 4.79 Å². The molecule has 1 aliphatic rings. The molecule has 2 aromatic heterocycles. The van der Waals surface area contributed by atoms with Gasteiger partial charge in [-0.3, -0.25) is 14.9 Å². The molecule has 29 heavy (non-hydrogen) atoms. The molecule has 0 aromatic carbocycles. The molecule has 7 heteroatoms. The van der Waals surface area contributed by atoms with Gasteiger partial charge in [-0.15, -0.1) is 0 Å². The molecule has 0 radical (unpaired) electrons. The summed E-state index contributed by atoms with van der Waals surface area (Å²) in [5, 5.41) is 9.91. The number of piperidine rings is 1. The molecular formula is C22H29ClN4O2. The molecule has 1 fully saturated rings. The van der Waals surface area contributed by atoms with Crippen LogP contribution in [0.2, 0.25) is 5.02 Å². The van der Waals surface area contributed by atoms with Gasteiger partial charge in [0.2, 0.25) is 0 Å². The highest BCUT2D eigenvalue weighted by Crippen LogP contribution is 2.25. The minimum Gasteiger partial charge on any atom is -0.465 e. The molecule has 0 unspecified atom stereocenters. The number of carboxylic acid groups (broad SMARTS) is 1. The molecule has 1 N–H and O–H groups in total. The van der Waals surface area contributed by atoms with Gasteiger partial charge in [-0.2, -0.15) is 0 Å². The van der Waals surface area contributed by atoms with Crippen LogP contribution in [0.15, 0.2) is 30.6 Å². The summed E-state index contributed by atoms with van der Waals surface area (Å²) in [7, 11) is 0. The predicted octanol–water partition coefficient (Wildman–Crippen LogP) is 4.71. The van der Waals surface area contributed by atoms with Crippen LogP contribution in [-0.4, -0.2) is 50.1 Å². The maximum absolute atomic E-state index is 11.3. The summed E-state index contributed by atoms with van der Waals surface area (Å²) in [6.07, 6.45) is 4.32. The number of nitrogens with zero attached hydrogens (tertiary/aromatic N) is 4. The quantitative estimate of drug-likeness (QED) is 0.738.